The Labute approximate surface area is 122 Å². The first-order chi connectivity index (χ1) is 9.74. The van der Waals surface area contributed by atoms with Gasteiger partial charge < -0.3 is 5.32 Å². The quantitative estimate of drug-likeness (QED) is 0.721. The molecular formula is C12H18F3N3O2S. The molecule has 0 aliphatic heterocycles. The van der Waals surface area contributed by atoms with E-state index in [0.29, 0.717) is 12.4 Å². The molecule has 9 heteroatoms. The second-order valence-electron chi connectivity index (χ2n) is 4.38. The molecule has 0 unspecified atom stereocenters. The Kier molecular flexibility index (Phi) is 6.41. The van der Waals surface area contributed by atoms with Crippen molar-refractivity contribution in [1.29, 1.82) is 0 Å². The molecule has 0 saturated heterocycles. The number of halogens is 3. The van der Waals surface area contributed by atoms with Crippen LogP contribution in [0.2, 0.25) is 0 Å². The average Bonchev–Trinajstić information content (AvgIpc) is 2.37. The molecule has 0 saturated carbocycles. The number of rotatable bonds is 8. The molecule has 0 aromatic carbocycles. The van der Waals surface area contributed by atoms with Crippen LogP contribution in [-0.2, 0) is 10.0 Å². The normalized spacial score (nSPS) is 12.4. The van der Waals surface area contributed by atoms with Crippen molar-refractivity contribution in [3.8, 4) is 0 Å². The molecule has 0 aliphatic carbocycles. The number of hydrogen-bond donors (Lipinski definition) is 2. The number of aromatic nitrogens is 1. The number of nitrogens with one attached hydrogen (secondary N) is 2. The van der Waals surface area contributed by atoms with E-state index in [9.17, 15) is 21.6 Å². The molecule has 0 bridgehead atoms. The highest BCUT2D eigenvalue weighted by molar-refractivity contribution is 7.89. The number of sulfonamides is 1. The highest BCUT2D eigenvalue weighted by atomic mass is 32.2. The van der Waals surface area contributed by atoms with E-state index in [2.05, 4.69) is 15.0 Å². The Morgan fingerprint density at radius 1 is 1.29 bits per heavy atom. The Balaban J connectivity index is 2.52. The van der Waals surface area contributed by atoms with Gasteiger partial charge in [-0.3, -0.25) is 0 Å². The summed E-state index contributed by atoms with van der Waals surface area (Å²) in [5, 5.41) is 2.88. The Morgan fingerprint density at radius 3 is 2.62 bits per heavy atom. The van der Waals surface area contributed by atoms with Crippen LogP contribution in [0, 0.1) is 0 Å². The van der Waals surface area contributed by atoms with Gasteiger partial charge in [0.05, 0.1) is 4.90 Å². The summed E-state index contributed by atoms with van der Waals surface area (Å²) in [6.45, 7) is 2.42. The lowest BCUT2D eigenvalue weighted by Crippen LogP contribution is -2.25. The molecule has 1 aromatic rings. The van der Waals surface area contributed by atoms with Crippen molar-refractivity contribution in [1.82, 2.24) is 9.71 Å². The van der Waals surface area contributed by atoms with Crippen molar-refractivity contribution >= 4 is 15.8 Å². The number of alkyl halides is 3. The maximum Gasteiger partial charge on any atom is 0.389 e. The molecule has 5 nitrogen and oxygen atoms in total. The van der Waals surface area contributed by atoms with Crippen LogP contribution in [0.5, 0.6) is 0 Å². The highest BCUT2D eigenvalue weighted by Gasteiger charge is 2.26. The summed E-state index contributed by atoms with van der Waals surface area (Å²) < 4.78 is 62.0. The standard InChI is InChI=1S/C12H18F3N3O2S/c1-2-16-11-9-10(5-8-17-11)21(19,20)18-7-4-3-6-12(13,14)15/h5,8-9,18H,2-4,6-7H2,1H3,(H,16,17). The van der Waals surface area contributed by atoms with Gasteiger partial charge in [0.25, 0.3) is 0 Å². The fourth-order valence-corrected chi connectivity index (χ4v) is 2.68. The van der Waals surface area contributed by atoms with Gasteiger partial charge in [-0.05, 0) is 25.8 Å². The van der Waals surface area contributed by atoms with Gasteiger partial charge in [0, 0.05) is 31.8 Å². The van der Waals surface area contributed by atoms with Crippen LogP contribution in [0.1, 0.15) is 26.2 Å². The summed E-state index contributed by atoms with van der Waals surface area (Å²) in [6.07, 6.45) is -3.73. The van der Waals surface area contributed by atoms with Gasteiger partial charge in [0.1, 0.15) is 5.82 Å². The van der Waals surface area contributed by atoms with Gasteiger partial charge in [-0.2, -0.15) is 13.2 Å². The third-order valence-electron chi connectivity index (χ3n) is 2.58. The maximum atomic E-state index is 12.0. The third kappa shape index (κ3) is 6.76. The van der Waals surface area contributed by atoms with Gasteiger partial charge in [0.15, 0.2) is 0 Å². The van der Waals surface area contributed by atoms with Crippen LogP contribution in [0.25, 0.3) is 0 Å². The summed E-state index contributed by atoms with van der Waals surface area (Å²) in [7, 11) is -3.73. The van der Waals surface area contributed by atoms with E-state index in [1.165, 1.54) is 18.3 Å². The van der Waals surface area contributed by atoms with E-state index in [4.69, 9.17) is 0 Å². The number of pyridine rings is 1. The second kappa shape index (κ2) is 7.60. The minimum Gasteiger partial charge on any atom is -0.370 e. The van der Waals surface area contributed by atoms with Crippen LogP contribution in [0.3, 0.4) is 0 Å². The van der Waals surface area contributed by atoms with E-state index in [1.807, 2.05) is 6.92 Å². The van der Waals surface area contributed by atoms with Gasteiger partial charge in [-0.15, -0.1) is 0 Å². The predicted octanol–water partition coefficient (Wildman–Crippen LogP) is 2.52. The first-order valence-corrected chi connectivity index (χ1v) is 7.99. The summed E-state index contributed by atoms with van der Waals surface area (Å²) in [4.78, 5) is 3.98. The molecule has 0 spiro atoms. The fraction of sp³-hybridized carbons (Fsp3) is 0.583. The number of hydrogen-bond acceptors (Lipinski definition) is 4. The zero-order chi connectivity index (χ0) is 15.9. The molecule has 0 fully saturated rings. The lowest BCUT2D eigenvalue weighted by Gasteiger charge is -2.09. The maximum absolute atomic E-state index is 12.0. The molecule has 1 aromatic heterocycles. The molecular weight excluding hydrogens is 307 g/mol. The smallest absolute Gasteiger partial charge is 0.370 e. The Morgan fingerprint density at radius 2 is 2.00 bits per heavy atom. The van der Waals surface area contributed by atoms with E-state index in [-0.39, 0.29) is 24.3 Å². The summed E-state index contributed by atoms with van der Waals surface area (Å²) in [6, 6.07) is 2.71. The molecule has 0 atom stereocenters. The number of nitrogens with zero attached hydrogens (tertiary/aromatic N) is 1. The van der Waals surface area contributed by atoms with Crippen molar-refractivity contribution in [2.75, 3.05) is 18.4 Å². The van der Waals surface area contributed by atoms with Gasteiger partial charge in [-0.1, -0.05) is 0 Å². The molecule has 0 aliphatic rings. The zero-order valence-corrected chi connectivity index (χ0v) is 12.4. The number of anilines is 1. The molecule has 2 N–H and O–H groups in total. The minimum atomic E-state index is -4.20. The monoisotopic (exact) mass is 325 g/mol. The van der Waals surface area contributed by atoms with Crippen molar-refractivity contribution in [3.05, 3.63) is 18.3 Å². The summed E-state index contributed by atoms with van der Waals surface area (Å²) in [5.41, 5.74) is 0. The predicted molar refractivity (Wildman–Crippen MR) is 73.5 cm³/mol. The molecule has 120 valence electrons. The molecule has 1 heterocycles. The van der Waals surface area contributed by atoms with Crippen LogP contribution in [0.4, 0.5) is 19.0 Å². The van der Waals surface area contributed by atoms with Crippen LogP contribution in [-0.4, -0.2) is 32.7 Å². The van der Waals surface area contributed by atoms with E-state index < -0.39 is 22.6 Å². The summed E-state index contributed by atoms with van der Waals surface area (Å²) in [5.74, 6) is 0.428. The van der Waals surface area contributed by atoms with Crippen molar-refractivity contribution in [2.24, 2.45) is 0 Å². The topological polar surface area (TPSA) is 71.1 Å². The highest BCUT2D eigenvalue weighted by Crippen LogP contribution is 2.22. The average molecular weight is 325 g/mol. The van der Waals surface area contributed by atoms with Crippen LogP contribution < -0.4 is 10.0 Å². The van der Waals surface area contributed by atoms with Crippen molar-refractivity contribution in [3.63, 3.8) is 0 Å². The first-order valence-electron chi connectivity index (χ1n) is 6.51. The second-order valence-corrected chi connectivity index (χ2v) is 6.14. The van der Waals surface area contributed by atoms with Gasteiger partial charge >= 0.3 is 6.18 Å². The van der Waals surface area contributed by atoms with Crippen LogP contribution in [0.15, 0.2) is 23.2 Å². The lowest BCUT2D eigenvalue weighted by atomic mass is 10.2. The van der Waals surface area contributed by atoms with Gasteiger partial charge in [-0.25, -0.2) is 18.1 Å². The van der Waals surface area contributed by atoms with Crippen molar-refractivity contribution in [2.45, 2.75) is 37.3 Å². The van der Waals surface area contributed by atoms with Gasteiger partial charge in [0.2, 0.25) is 10.0 Å². The third-order valence-corrected chi connectivity index (χ3v) is 4.04. The van der Waals surface area contributed by atoms with Crippen molar-refractivity contribution < 1.29 is 21.6 Å². The molecule has 0 amide bonds. The lowest BCUT2D eigenvalue weighted by molar-refractivity contribution is -0.135. The zero-order valence-electron chi connectivity index (χ0n) is 11.6. The van der Waals surface area contributed by atoms with E-state index >= 15 is 0 Å². The fourth-order valence-electron chi connectivity index (χ4n) is 1.60. The largest absolute Gasteiger partial charge is 0.389 e. The summed E-state index contributed by atoms with van der Waals surface area (Å²) >= 11 is 0. The van der Waals surface area contributed by atoms with E-state index in [1.54, 1.807) is 0 Å². The Bertz CT molecular complexity index is 547. The van der Waals surface area contributed by atoms with Crippen LogP contribution >= 0.6 is 0 Å². The molecule has 1 rings (SSSR count). The Hall–Kier alpha value is -1.35. The molecule has 21 heavy (non-hydrogen) atoms. The number of unbranched alkanes of at least 4 members (excludes halogenated alkanes) is 1. The SMILES string of the molecule is CCNc1cc(S(=O)(=O)NCCCCC(F)(F)F)ccn1. The van der Waals surface area contributed by atoms with E-state index in [0.717, 1.165) is 0 Å². The minimum absolute atomic E-state index is 0.0305. The molecule has 0 radical (unpaired) electrons. The first kappa shape index (κ1) is 17.7.